The topological polar surface area (TPSA) is 58.2 Å². The number of aromatic amines is 1. The fourth-order valence-electron chi connectivity index (χ4n) is 3.96. The molecule has 0 saturated carbocycles. The first-order valence-corrected chi connectivity index (χ1v) is 9.23. The van der Waals surface area contributed by atoms with Crippen LogP contribution in [0.5, 0.6) is 5.75 Å². The fourth-order valence-corrected chi connectivity index (χ4v) is 3.96. The van der Waals surface area contributed by atoms with E-state index in [0.717, 1.165) is 36.3 Å². The maximum atomic E-state index is 12.9. The highest BCUT2D eigenvalue weighted by Gasteiger charge is 2.29. The molecule has 1 amide bonds. The minimum atomic E-state index is -0.113. The third-order valence-electron chi connectivity index (χ3n) is 5.38. The highest BCUT2D eigenvalue weighted by atomic mass is 16.5. The van der Waals surface area contributed by atoms with E-state index in [9.17, 15) is 4.79 Å². The van der Waals surface area contributed by atoms with Crippen molar-refractivity contribution >= 4 is 5.91 Å². The number of aromatic nitrogens is 2. The van der Waals surface area contributed by atoms with Crippen molar-refractivity contribution in [3.63, 3.8) is 0 Å². The lowest BCUT2D eigenvalue weighted by molar-refractivity contribution is -0.136. The Morgan fingerprint density at radius 2 is 2.12 bits per heavy atom. The van der Waals surface area contributed by atoms with Crippen LogP contribution in [0.4, 0.5) is 0 Å². The number of nitrogens with zero attached hydrogens (tertiary/aromatic N) is 2. The number of benzene rings is 1. The summed E-state index contributed by atoms with van der Waals surface area (Å²) in [7, 11) is 1.88. The quantitative estimate of drug-likeness (QED) is 0.875. The second-order valence-corrected chi connectivity index (χ2v) is 7.20. The molecule has 2 heterocycles. The summed E-state index contributed by atoms with van der Waals surface area (Å²) in [4.78, 5) is 14.7. The van der Waals surface area contributed by atoms with E-state index in [1.807, 2.05) is 36.2 Å². The number of hydrogen-bond donors (Lipinski definition) is 1. The molecule has 1 aromatic carbocycles. The molecule has 1 aliphatic carbocycles. The number of aryl methyl sites for hydroxylation is 1. The van der Waals surface area contributed by atoms with E-state index < -0.39 is 0 Å². The number of ether oxygens (including phenoxy) is 1. The lowest BCUT2D eigenvalue weighted by Gasteiger charge is -2.28. The summed E-state index contributed by atoms with van der Waals surface area (Å²) >= 11 is 0. The van der Waals surface area contributed by atoms with Crippen molar-refractivity contribution in [2.75, 3.05) is 13.7 Å². The zero-order chi connectivity index (χ0) is 17.2. The lowest BCUT2D eigenvalue weighted by Crippen LogP contribution is -2.38. The van der Waals surface area contributed by atoms with Crippen molar-refractivity contribution in [3.05, 3.63) is 46.8 Å². The Morgan fingerprint density at radius 1 is 1.28 bits per heavy atom. The summed E-state index contributed by atoms with van der Waals surface area (Å²) < 4.78 is 5.78. The maximum Gasteiger partial charge on any atom is 0.229 e. The van der Waals surface area contributed by atoms with Gasteiger partial charge in [0.05, 0.1) is 18.2 Å². The summed E-state index contributed by atoms with van der Waals surface area (Å²) in [6.45, 7) is 1.03. The minimum Gasteiger partial charge on any atom is -0.492 e. The number of fused-ring (bicyclic) bond motifs is 2. The van der Waals surface area contributed by atoms with Crippen molar-refractivity contribution in [2.45, 2.75) is 45.1 Å². The predicted octanol–water partition coefficient (Wildman–Crippen LogP) is 2.89. The Kier molecular flexibility index (Phi) is 4.47. The molecule has 5 nitrogen and oxygen atoms in total. The molecule has 1 aromatic heterocycles. The van der Waals surface area contributed by atoms with Crippen molar-refractivity contribution in [1.82, 2.24) is 15.1 Å². The van der Waals surface area contributed by atoms with E-state index in [1.165, 1.54) is 30.5 Å². The predicted molar refractivity (Wildman–Crippen MR) is 95.5 cm³/mol. The molecule has 0 radical (unpaired) electrons. The van der Waals surface area contributed by atoms with Gasteiger partial charge in [0.15, 0.2) is 0 Å². The van der Waals surface area contributed by atoms with Crippen LogP contribution < -0.4 is 4.74 Å². The fraction of sp³-hybridized carbons (Fsp3) is 0.500. The van der Waals surface area contributed by atoms with Crippen LogP contribution in [0, 0.1) is 5.92 Å². The van der Waals surface area contributed by atoms with E-state index in [2.05, 4.69) is 10.2 Å². The van der Waals surface area contributed by atoms with E-state index in [-0.39, 0.29) is 11.8 Å². The Hall–Kier alpha value is -2.30. The molecular formula is C20H25N3O2. The van der Waals surface area contributed by atoms with Crippen LogP contribution in [0.25, 0.3) is 0 Å². The van der Waals surface area contributed by atoms with Crippen molar-refractivity contribution < 1.29 is 9.53 Å². The van der Waals surface area contributed by atoms with Crippen LogP contribution in [-0.4, -0.2) is 34.7 Å². The Labute approximate surface area is 148 Å². The van der Waals surface area contributed by atoms with Crippen LogP contribution in [-0.2, 0) is 30.6 Å². The van der Waals surface area contributed by atoms with Gasteiger partial charge in [0, 0.05) is 12.7 Å². The van der Waals surface area contributed by atoms with Crippen LogP contribution in [0.3, 0.4) is 0 Å². The molecule has 0 bridgehead atoms. The molecule has 132 valence electrons. The second-order valence-electron chi connectivity index (χ2n) is 7.20. The summed E-state index contributed by atoms with van der Waals surface area (Å²) in [5, 5.41) is 7.68. The third-order valence-corrected chi connectivity index (χ3v) is 5.38. The Morgan fingerprint density at radius 3 is 3.04 bits per heavy atom. The van der Waals surface area contributed by atoms with Gasteiger partial charge in [-0.1, -0.05) is 24.6 Å². The minimum absolute atomic E-state index is 0.113. The maximum absolute atomic E-state index is 12.9. The molecule has 0 saturated heterocycles. The first-order chi connectivity index (χ1) is 12.2. The highest BCUT2D eigenvalue weighted by Crippen LogP contribution is 2.28. The van der Waals surface area contributed by atoms with E-state index in [4.69, 9.17) is 4.74 Å². The van der Waals surface area contributed by atoms with Crippen LogP contribution in [0.1, 0.15) is 41.8 Å². The van der Waals surface area contributed by atoms with E-state index in [1.54, 1.807) is 0 Å². The first kappa shape index (κ1) is 16.2. The average Bonchev–Trinajstić information content (AvgIpc) is 2.87. The second kappa shape index (κ2) is 6.90. The average molecular weight is 339 g/mol. The molecule has 1 aliphatic heterocycles. The number of nitrogens with one attached hydrogen (secondary N) is 1. The first-order valence-electron chi connectivity index (χ1n) is 9.23. The standard InChI is InChI=1S/C20H25N3O2/c1-23(12-18-16-8-3-2-4-9-17(16)21-22-18)20(24)15-11-14-7-5-6-10-19(14)25-13-15/h5-7,10,15H,2-4,8-9,11-13H2,1H3,(H,21,22)/t15-/m1/s1. The SMILES string of the molecule is CN(Cc1n[nH]c2c1CCCCC2)C(=O)[C@H]1COc2ccccc2C1. The Bertz CT molecular complexity index is 768. The van der Waals surface area contributed by atoms with Crippen molar-refractivity contribution in [3.8, 4) is 5.75 Å². The summed E-state index contributed by atoms with van der Waals surface area (Å²) in [6, 6.07) is 7.98. The summed E-state index contributed by atoms with van der Waals surface area (Å²) in [5.74, 6) is 0.934. The molecule has 2 aliphatic rings. The third kappa shape index (κ3) is 3.28. The van der Waals surface area contributed by atoms with Crippen LogP contribution >= 0.6 is 0 Å². The number of carbonyl (C=O) groups is 1. The summed E-state index contributed by atoms with van der Waals surface area (Å²) in [5.41, 5.74) is 4.75. The van der Waals surface area contributed by atoms with Gasteiger partial charge in [-0.3, -0.25) is 9.89 Å². The number of amides is 1. The molecule has 25 heavy (non-hydrogen) atoms. The van der Waals surface area contributed by atoms with Gasteiger partial charge in [-0.25, -0.2) is 0 Å². The van der Waals surface area contributed by atoms with Gasteiger partial charge in [0.25, 0.3) is 0 Å². The van der Waals surface area contributed by atoms with Crippen molar-refractivity contribution in [2.24, 2.45) is 5.92 Å². The number of rotatable bonds is 3. The van der Waals surface area contributed by atoms with Gasteiger partial charge in [-0.2, -0.15) is 5.10 Å². The van der Waals surface area contributed by atoms with Gasteiger partial charge in [-0.05, 0) is 49.3 Å². The molecule has 1 N–H and O–H groups in total. The lowest BCUT2D eigenvalue weighted by atomic mass is 9.95. The number of para-hydroxylation sites is 1. The van der Waals surface area contributed by atoms with Gasteiger partial charge in [0.1, 0.15) is 12.4 Å². The zero-order valence-electron chi connectivity index (χ0n) is 14.8. The van der Waals surface area contributed by atoms with E-state index in [0.29, 0.717) is 13.2 Å². The van der Waals surface area contributed by atoms with Gasteiger partial charge in [0.2, 0.25) is 5.91 Å². The Balaban J connectivity index is 1.44. The number of hydrogen-bond acceptors (Lipinski definition) is 3. The van der Waals surface area contributed by atoms with Gasteiger partial charge < -0.3 is 9.64 Å². The smallest absolute Gasteiger partial charge is 0.229 e. The molecule has 5 heteroatoms. The molecule has 0 fully saturated rings. The molecular weight excluding hydrogens is 314 g/mol. The van der Waals surface area contributed by atoms with Crippen LogP contribution in [0.2, 0.25) is 0 Å². The summed E-state index contributed by atoms with van der Waals surface area (Å²) in [6.07, 6.45) is 6.61. The van der Waals surface area contributed by atoms with Crippen LogP contribution in [0.15, 0.2) is 24.3 Å². The monoisotopic (exact) mass is 339 g/mol. The zero-order valence-corrected chi connectivity index (χ0v) is 14.8. The van der Waals surface area contributed by atoms with Gasteiger partial charge in [-0.15, -0.1) is 0 Å². The number of carbonyl (C=O) groups excluding carboxylic acids is 1. The highest BCUT2D eigenvalue weighted by molar-refractivity contribution is 5.79. The van der Waals surface area contributed by atoms with Crippen molar-refractivity contribution in [1.29, 1.82) is 0 Å². The largest absolute Gasteiger partial charge is 0.492 e. The molecule has 0 unspecified atom stereocenters. The number of H-pyrrole nitrogens is 1. The molecule has 4 rings (SSSR count). The van der Waals surface area contributed by atoms with E-state index >= 15 is 0 Å². The molecule has 0 spiro atoms. The molecule has 1 atom stereocenters. The molecule has 2 aromatic rings. The van der Waals surface area contributed by atoms with Gasteiger partial charge >= 0.3 is 0 Å². The normalized spacial score (nSPS) is 19.3.